The summed E-state index contributed by atoms with van der Waals surface area (Å²) in [6, 6.07) is 8.77. The summed E-state index contributed by atoms with van der Waals surface area (Å²) in [4.78, 5) is 15.3. The zero-order chi connectivity index (χ0) is 8.81. The largest absolute Gasteiger partial charge is 0.386 e. The number of rotatable bonds is 3. The molecule has 1 aromatic rings. The summed E-state index contributed by atoms with van der Waals surface area (Å²) in [5.74, 6) is -0.0434. The molecular weight excluding hydrogens is 158 g/mol. The molecule has 1 amide bonds. The Morgan fingerprint density at radius 2 is 2.08 bits per heavy atom. The first-order valence-corrected chi connectivity index (χ1v) is 3.44. The quantitative estimate of drug-likeness (QED) is 0.627. The van der Waals surface area contributed by atoms with Gasteiger partial charge < -0.3 is 9.94 Å². The maximum Gasteiger partial charge on any atom is 0.278 e. The molecule has 0 bridgehead atoms. The first-order chi connectivity index (χ1) is 5.83. The third-order valence-electron chi connectivity index (χ3n) is 1.17. The van der Waals surface area contributed by atoms with Gasteiger partial charge in [0.2, 0.25) is 0 Å². The van der Waals surface area contributed by atoms with Gasteiger partial charge >= 0.3 is 0 Å². The van der Waals surface area contributed by atoms with Crippen molar-refractivity contribution in [2.75, 3.05) is 6.61 Å². The summed E-state index contributed by atoms with van der Waals surface area (Å²) in [7, 11) is 0. The Morgan fingerprint density at radius 3 is 2.67 bits per heavy atom. The van der Waals surface area contributed by atoms with Gasteiger partial charge in [0.05, 0.1) is 0 Å². The average Bonchev–Trinajstić information content (AvgIpc) is 2.16. The van der Waals surface area contributed by atoms with E-state index < -0.39 is 12.5 Å². The molecule has 0 unspecified atom stereocenters. The highest BCUT2D eigenvalue weighted by molar-refractivity contribution is 5.75. The van der Waals surface area contributed by atoms with E-state index in [-0.39, 0.29) is 0 Å². The van der Waals surface area contributed by atoms with Crippen LogP contribution < -0.4 is 10.3 Å². The Balaban J connectivity index is 2.38. The van der Waals surface area contributed by atoms with E-state index in [1.165, 1.54) is 0 Å². The standard InChI is InChI=1S/C8H9NO3/c10-6-8(11)9-12-7-4-2-1-3-5-7/h1-5,10H,6H2,(H,9,11). The molecule has 4 nitrogen and oxygen atoms in total. The Kier molecular flexibility index (Phi) is 3.10. The van der Waals surface area contributed by atoms with Crippen LogP contribution in [0.4, 0.5) is 0 Å². The fraction of sp³-hybridized carbons (Fsp3) is 0.125. The predicted octanol–water partition coefficient (Wildman–Crippen LogP) is 0.0889. The van der Waals surface area contributed by atoms with Crippen LogP contribution in [0.5, 0.6) is 5.75 Å². The van der Waals surface area contributed by atoms with E-state index in [4.69, 9.17) is 9.94 Å². The second-order valence-corrected chi connectivity index (χ2v) is 2.10. The van der Waals surface area contributed by atoms with E-state index in [2.05, 4.69) is 5.48 Å². The van der Waals surface area contributed by atoms with Crippen LogP contribution in [-0.2, 0) is 4.79 Å². The maximum atomic E-state index is 10.5. The number of aliphatic hydroxyl groups is 1. The molecule has 1 rings (SSSR count). The number of hydrogen-bond donors (Lipinski definition) is 2. The number of carbonyl (C=O) groups is 1. The minimum Gasteiger partial charge on any atom is -0.386 e. The molecule has 0 fully saturated rings. The Bertz CT molecular complexity index is 248. The molecule has 12 heavy (non-hydrogen) atoms. The van der Waals surface area contributed by atoms with E-state index in [0.29, 0.717) is 5.75 Å². The molecule has 0 heterocycles. The van der Waals surface area contributed by atoms with Crippen molar-refractivity contribution in [3.63, 3.8) is 0 Å². The van der Waals surface area contributed by atoms with Crippen molar-refractivity contribution >= 4 is 5.91 Å². The molecule has 0 spiro atoms. The molecular formula is C8H9NO3. The summed E-state index contributed by atoms with van der Waals surface area (Å²) in [5, 5.41) is 8.32. The fourth-order valence-corrected chi connectivity index (χ4v) is 0.637. The van der Waals surface area contributed by atoms with E-state index in [1.54, 1.807) is 24.3 Å². The summed E-state index contributed by atoms with van der Waals surface area (Å²) >= 11 is 0. The predicted molar refractivity (Wildman–Crippen MR) is 42.3 cm³/mol. The SMILES string of the molecule is O=C(CO)NOc1ccccc1. The van der Waals surface area contributed by atoms with Gasteiger partial charge in [-0.1, -0.05) is 18.2 Å². The first-order valence-electron chi connectivity index (χ1n) is 3.44. The summed E-state index contributed by atoms with van der Waals surface area (Å²) < 4.78 is 0. The van der Waals surface area contributed by atoms with Crippen LogP contribution in [-0.4, -0.2) is 17.6 Å². The van der Waals surface area contributed by atoms with E-state index in [0.717, 1.165) is 0 Å². The van der Waals surface area contributed by atoms with Gasteiger partial charge in [-0.3, -0.25) is 4.79 Å². The zero-order valence-corrected chi connectivity index (χ0v) is 6.36. The van der Waals surface area contributed by atoms with Crippen molar-refractivity contribution in [3.8, 4) is 5.75 Å². The molecule has 0 saturated carbocycles. The molecule has 0 aromatic heterocycles. The van der Waals surface area contributed by atoms with Crippen LogP contribution in [0.2, 0.25) is 0 Å². The molecule has 0 aliphatic carbocycles. The van der Waals surface area contributed by atoms with Crippen molar-refractivity contribution in [1.82, 2.24) is 5.48 Å². The molecule has 4 heteroatoms. The van der Waals surface area contributed by atoms with Crippen LogP contribution in [0.3, 0.4) is 0 Å². The van der Waals surface area contributed by atoms with Crippen LogP contribution in [0.1, 0.15) is 0 Å². The van der Waals surface area contributed by atoms with E-state index >= 15 is 0 Å². The zero-order valence-electron chi connectivity index (χ0n) is 6.36. The van der Waals surface area contributed by atoms with E-state index in [1.807, 2.05) is 6.07 Å². The van der Waals surface area contributed by atoms with Crippen molar-refractivity contribution in [3.05, 3.63) is 30.3 Å². The lowest BCUT2D eigenvalue weighted by molar-refractivity contribution is -0.130. The van der Waals surface area contributed by atoms with Gasteiger partial charge in [-0.15, -0.1) is 0 Å². The van der Waals surface area contributed by atoms with Gasteiger partial charge in [-0.2, -0.15) is 5.48 Å². The Labute approximate surface area is 69.7 Å². The van der Waals surface area contributed by atoms with Crippen molar-refractivity contribution in [2.24, 2.45) is 0 Å². The topological polar surface area (TPSA) is 58.6 Å². The van der Waals surface area contributed by atoms with Crippen LogP contribution in [0, 0.1) is 0 Å². The normalized spacial score (nSPS) is 9.08. The van der Waals surface area contributed by atoms with E-state index in [9.17, 15) is 4.79 Å². The average molecular weight is 167 g/mol. The monoisotopic (exact) mass is 167 g/mol. The molecule has 0 saturated heterocycles. The highest BCUT2D eigenvalue weighted by Crippen LogP contribution is 2.05. The highest BCUT2D eigenvalue weighted by Gasteiger charge is 1.97. The molecule has 1 aromatic carbocycles. The number of benzene rings is 1. The smallest absolute Gasteiger partial charge is 0.278 e. The fourth-order valence-electron chi connectivity index (χ4n) is 0.637. The number of aliphatic hydroxyl groups excluding tert-OH is 1. The van der Waals surface area contributed by atoms with Gasteiger partial charge in [-0.25, -0.2) is 0 Å². The number of hydrogen-bond acceptors (Lipinski definition) is 3. The lowest BCUT2D eigenvalue weighted by Crippen LogP contribution is -2.29. The third kappa shape index (κ3) is 2.59. The lowest BCUT2D eigenvalue weighted by atomic mass is 10.3. The van der Waals surface area contributed by atoms with Gasteiger partial charge in [0, 0.05) is 0 Å². The van der Waals surface area contributed by atoms with Crippen LogP contribution >= 0.6 is 0 Å². The van der Waals surface area contributed by atoms with Gasteiger partial charge in [0.1, 0.15) is 6.61 Å². The van der Waals surface area contributed by atoms with Gasteiger partial charge in [-0.05, 0) is 12.1 Å². The summed E-state index contributed by atoms with van der Waals surface area (Å²) in [5.41, 5.74) is 2.06. The van der Waals surface area contributed by atoms with Crippen molar-refractivity contribution in [1.29, 1.82) is 0 Å². The number of carbonyl (C=O) groups excluding carboxylic acids is 1. The van der Waals surface area contributed by atoms with Crippen LogP contribution in [0.25, 0.3) is 0 Å². The van der Waals surface area contributed by atoms with Gasteiger partial charge in [0.25, 0.3) is 5.91 Å². The Hall–Kier alpha value is -1.55. The highest BCUT2D eigenvalue weighted by atomic mass is 16.7. The minimum absolute atomic E-state index is 0.527. The molecule has 0 radical (unpaired) electrons. The number of amides is 1. The molecule has 0 aliphatic heterocycles. The van der Waals surface area contributed by atoms with Gasteiger partial charge in [0.15, 0.2) is 5.75 Å². The summed E-state index contributed by atoms with van der Waals surface area (Å²) in [6.45, 7) is -0.577. The lowest BCUT2D eigenvalue weighted by Gasteiger charge is -2.03. The molecule has 2 N–H and O–H groups in total. The number of para-hydroxylation sites is 1. The number of nitrogens with one attached hydrogen (secondary N) is 1. The molecule has 0 aliphatic rings. The molecule has 64 valence electrons. The maximum absolute atomic E-state index is 10.5. The van der Waals surface area contributed by atoms with Crippen molar-refractivity contribution in [2.45, 2.75) is 0 Å². The van der Waals surface area contributed by atoms with Crippen molar-refractivity contribution < 1.29 is 14.7 Å². The molecule has 0 atom stereocenters. The second kappa shape index (κ2) is 4.35. The third-order valence-corrected chi connectivity index (χ3v) is 1.17. The number of hydroxylamine groups is 1. The Morgan fingerprint density at radius 1 is 1.42 bits per heavy atom. The van der Waals surface area contributed by atoms with Crippen LogP contribution in [0.15, 0.2) is 30.3 Å². The first kappa shape index (κ1) is 8.55. The minimum atomic E-state index is -0.577. The second-order valence-electron chi connectivity index (χ2n) is 2.10. The summed E-state index contributed by atoms with van der Waals surface area (Å²) in [6.07, 6.45) is 0.